The molecule has 2 aromatic heterocycles. The first-order chi connectivity index (χ1) is 37.8. The van der Waals surface area contributed by atoms with Crippen molar-refractivity contribution < 1.29 is 23.7 Å². The van der Waals surface area contributed by atoms with E-state index in [1.807, 2.05) is 12.1 Å². The molecule has 6 aliphatic rings. The van der Waals surface area contributed by atoms with E-state index in [4.69, 9.17) is 18.9 Å². The fraction of sp³-hybridized carbons (Fsp3) is 0.397. The summed E-state index contributed by atoms with van der Waals surface area (Å²) in [4.78, 5) is 63.1. The number of aromatic amines is 2. The molecule has 0 bridgehead atoms. The van der Waals surface area contributed by atoms with Gasteiger partial charge in [0.1, 0.15) is 0 Å². The Morgan fingerprint density at radius 1 is 0.519 bits per heavy atom. The number of H-pyrrole nitrogens is 2. The molecule has 4 fully saturated rings. The summed E-state index contributed by atoms with van der Waals surface area (Å²) in [6.45, 7) is 17.7. The third kappa shape index (κ3) is 12.8. The molecule has 8 heterocycles. The van der Waals surface area contributed by atoms with Crippen molar-refractivity contribution in [3.05, 3.63) is 118 Å². The van der Waals surface area contributed by atoms with Gasteiger partial charge in [0.25, 0.3) is 0 Å². The summed E-state index contributed by atoms with van der Waals surface area (Å²) in [6, 6.07) is 33.3. The van der Waals surface area contributed by atoms with Crippen molar-refractivity contribution in [1.82, 2.24) is 19.8 Å². The lowest BCUT2D eigenvalue weighted by atomic mass is 10.1. The van der Waals surface area contributed by atoms with E-state index in [1.165, 1.54) is 19.6 Å². The van der Waals surface area contributed by atoms with Crippen molar-refractivity contribution in [2.75, 3.05) is 132 Å². The molecule has 0 saturated carbocycles. The number of hydrogen-bond donors (Lipinski definition) is 4. The monoisotopic (exact) mass is 1110 g/mol. The zero-order valence-electron chi connectivity index (χ0n) is 43.6. The maximum absolute atomic E-state index is 13.1. The second-order valence-electron chi connectivity index (χ2n) is 19.6. The molecule has 19 heteroatoms. The molecule has 12 rings (SSSR count). The Morgan fingerprint density at radius 2 is 0.987 bits per heavy atom. The number of fused-ring (bicyclic) bond motifs is 4. The lowest BCUT2D eigenvalue weighted by molar-refractivity contribution is -0.123. The van der Waals surface area contributed by atoms with Crippen molar-refractivity contribution in [1.29, 1.82) is 0 Å². The number of aromatic nitrogens is 2. The molecule has 6 aliphatic heterocycles. The number of morpholine rings is 4. The average Bonchev–Trinajstić information content (AvgIpc) is 3.47. The molecule has 4 saturated heterocycles. The molecule has 0 aliphatic carbocycles. The summed E-state index contributed by atoms with van der Waals surface area (Å²) < 4.78 is 22.0. The molecular formula is C58H66N8O7S4. The van der Waals surface area contributed by atoms with Crippen LogP contribution < -0.4 is 31.6 Å². The van der Waals surface area contributed by atoms with Gasteiger partial charge in [-0.1, -0.05) is 85.2 Å². The Labute approximate surface area is 466 Å². The van der Waals surface area contributed by atoms with E-state index in [-0.39, 0.29) is 23.1 Å². The van der Waals surface area contributed by atoms with Gasteiger partial charge in [0.2, 0.25) is 17.0 Å². The van der Waals surface area contributed by atoms with Crippen molar-refractivity contribution >= 4 is 75.7 Å². The van der Waals surface area contributed by atoms with Crippen LogP contribution >= 0.6 is 47.0 Å². The van der Waals surface area contributed by atoms with Crippen LogP contribution in [-0.2, 0) is 23.7 Å². The summed E-state index contributed by atoms with van der Waals surface area (Å²) in [7, 11) is 0. The molecule has 4 aromatic carbocycles. The number of nitrogens with one attached hydrogen (secondary N) is 4. The number of anilines is 4. The van der Waals surface area contributed by atoms with Gasteiger partial charge < -0.3 is 49.3 Å². The predicted molar refractivity (Wildman–Crippen MR) is 310 cm³/mol. The van der Waals surface area contributed by atoms with Gasteiger partial charge in [-0.3, -0.25) is 24.2 Å². The Hall–Kier alpha value is -5.19. The second-order valence-corrected chi connectivity index (χ2v) is 23.9. The van der Waals surface area contributed by atoms with E-state index in [1.54, 1.807) is 59.2 Å². The van der Waals surface area contributed by atoms with Crippen molar-refractivity contribution in [3.8, 4) is 22.5 Å². The van der Waals surface area contributed by atoms with Gasteiger partial charge in [0.05, 0.1) is 70.3 Å². The van der Waals surface area contributed by atoms with Crippen LogP contribution in [0.5, 0.6) is 0 Å². The first kappa shape index (κ1) is 53.8. The maximum atomic E-state index is 13.1. The molecular weight excluding hydrogens is 1050 g/mol. The van der Waals surface area contributed by atoms with Crippen LogP contribution in [0, 0.1) is 0 Å². The minimum atomic E-state index is -0.161. The van der Waals surface area contributed by atoms with E-state index >= 15 is 0 Å². The van der Waals surface area contributed by atoms with Gasteiger partial charge in [0.15, 0.2) is 0 Å². The fourth-order valence-corrected chi connectivity index (χ4v) is 15.4. The molecule has 0 radical (unpaired) electrons. The van der Waals surface area contributed by atoms with Gasteiger partial charge in [-0.2, -0.15) is 0 Å². The van der Waals surface area contributed by atoms with Gasteiger partial charge in [-0.05, 0) is 73.5 Å². The molecule has 2 atom stereocenters. The Morgan fingerprint density at radius 3 is 1.48 bits per heavy atom. The minimum Gasteiger partial charge on any atom is -0.383 e. The molecule has 1 amide bonds. The van der Waals surface area contributed by atoms with Crippen LogP contribution in [0.1, 0.15) is 26.7 Å². The first-order valence-corrected chi connectivity index (χ1v) is 30.1. The number of benzene rings is 4. The molecule has 0 spiro atoms. The molecule has 4 N–H and O–H groups in total. The zero-order chi connectivity index (χ0) is 52.7. The highest BCUT2D eigenvalue weighted by Crippen LogP contribution is 2.53. The number of amides is 1. The van der Waals surface area contributed by atoms with Gasteiger partial charge in [-0.25, -0.2) is 0 Å². The number of hydrogen-bond acceptors (Lipinski definition) is 16. The van der Waals surface area contributed by atoms with Crippen LogP contribution in [0.25, 0.3) is 22.5 Å². The molecule has 15 nitrogen and oxygen atoms in total. The number of carbonyl (C=O) groups is 1. The van der Waals surface area contributed by atoms with E-state index in [0.717, 1.165) is 150 Å². The molecule has 404 valence electrons. The Kier molecular flexibility index (Phi) is 17.7. The largest absolute Gasteiger partial charge is 0.383 e. The predicted octanol–water partition coefficient (Wildman–Crippen LogP) is 9.56. The molecule has 6 aromatic rings. The average molecular weight is 1120 g/mol. The summed E-state index contributed by atoms with van der Waals surface area (Å²) in [5.74, 6) is 0.0274. The van der Waals surface area contributed by atoms with Crippen LogP contribution in [0.3, 0.4) is 0 Å². The standard InChI is InChI=1S/C29H32N4O4S2.C29H34N4O3S2/c1-2-23(33-10-14-37-15-11-33)29(35)30-19-6-7-24-26(16-19)38-25-5-3-4-21(28(25)39-24)22-17-20(18-27(34)31-22)32-8-12-36-13-9-32;1-2-21(32-8-12-35-13-9-32)19-30-20-6-7-25-27(16-20)37-26-5-3-4-23(29(26)38-25)24-17-22(18-28(34)31-24)33-10-14-36-15-11-33/h3-7,16-18,23H,2,8-15H2,1H3,(H,30,35)(H,31,34);3-7,16-18,21,30H,2,8-15,19H2,1H3,(H,31,34). The second kappa shape index (κ2) is 25.3. The fourth-order valence-electron chi connectivity index (χ4n) is 10.6. The SMILES string of the molecule is CCC(C(=O)Nc1ccc2c(c1)Sc1cccc(-c3cc(N4CCOCC4)cc(=O)[nH]3)c1S2)N1CCOCC1.CCC(CNc1ccc2c(c1)Sc1cccc(-c3cc(N4CCOCC4)cc(=O)[nH]3)c1S2)N1CCOCC1. The quantitative estimate of drug-likeness (QED) is 0.0865. The Balaban J connectivity index is 0.000000164. The van der Waals surface area contributed by atoms with Gasteiger partial charge in [-0.15, -0.1) is 0 Å². The summed E-state index contributed by atoms with van der Waals surface area (Å²) in [5, 5.41) is 6.84. The van der Waals surface area contributed by atoms with Crippen molar-refractivity contribution in [3.63, 3.8) is 0 Å². The number of pyridine rings is 2. The lowest BCUT2D eigenvalue weighted by Gasteiger charge is -2.34. The highest BCUT2D eigenvalue weighted by atomic mass is 32.2. The zero-order valence-corrected chi connectivity index (χ0v) is 46.9. The Bertz CT molecular complexity index is 3170. The third-order valence-electron chi connectivity index (χ3n) is 14.7. The van der Waals surface area contributed by atoms with E-state index in [9.17, 15) is 14.4 Å². The summed E-state index contributed by atoms with van der Waals surface area (Å²) >= 11 is 6.98. The smallest absolute Gasteiger partial charge is 0.250 e. The van der Waals surface area contributed by atoms with Crippen LogP contribution in [0.2, 0.25) is 0 Å². The highest BCUT2D eigenvalue weighted by Gasteiger charge is 2.28. The number of nitrogens with zero attached hydrogens (tertiary/aromatic N) is 4. The summed E-state index contributed by atoms with van der Waals surface area (Å²) in [5.41, 5.74) is 7.41. The topological polar surface area (TPSA) is 157 Å². The number of ether oxygens (including phenoxy) is 4. The molecule has 77 heavy (non-hydrogen) atoms. The normalized spacial score (nSPS) is 18.4. The first-order valence-electron chi connectivity index (χ1n) is 26.9. The number of carbonyl (C=O) groups excluding carboxylic acids is 1. The van der Waals surface area contributed by atoms with Crippen LogP contribution in [0.4, 0.5) is 22.7 Å². The number of rotatable bonds is 13. The van der Waals surface area contributed by atoms with E-state index in [2.05, 4.69) is 127 Å². The summed E-state index contributed by atoms with van der Waals surface area (Å²) in [6.07, 6.45) is 1.87. The van der Waals surface area contributed by atoms with Crippen LogP contribution in [-0.4, -0.2) is 150 Å². The van der Waals surface area contributed by atoms with E-state index < -0.39 is 0 Å². The van der Waals surface area contributed by atoms with Crippen LogP contribution in [0.15, 0.2) is 146 Å². The molecule has 2 unspecified atom stereocenters. The lowest BCUT2D eigenvalue weighted by Crippen LogP contribution is -2.48. The third-order valence-corrected chi connectivity index (χ3v) is 19.9. The maximum Gasteiger partial charge on any atom is 0.250 e. The minimum absolute atomic E-state index is 0.0274. The van der Waals surface area contributed by atoms with E-state index in [0.29, 0.717) is 45.7 Å². The van der Waals surface area contributed by atoms with Gasteiger partial charge >= 0.3 is 0 Å². The van der Waals surface area contributed by atoms with Gasteiger partial charge in [0, 0.05) is 150 Å². The van der Waals surface area contributed by atoms with Crippen molar-refractivity contribution in [2.24, 2.45) is 0 Å². The highest BCUT2D eigenvalue weighted by molar-refractivity contribution is 8.05. The van der Waals surface area contributed by atoms with Crippen molar-refractivity contribution in [2.45, 2.75) is 77.9 Å².